The Balaban J connectivity index is 0.000000297. The Kier molecular flexibility index (Phi) is 16.2. The molecule has 0 aliphatic carbocycles. The van der Waals surface area contributed by atoms with Crippen molar-refractivity contribution in [2.24, 2.45) is 0 Å². The van der Waals surface area contributed by atoms with Gasteiger partial charge in [-0.25, -0.2) is 9.97 Å². The van der Waals surface area contributed by atoms with Crippen LogP contribution in [0, 0.1) is 43.9 Å². The number of aromatic nitrogens is 2. The molecule has 2 aliphatic rings. The van der Waals surface area contributed by atoms with Gasteiger partial charge in [0.05, 0.1) is 9.85 Å². The number of piperazine rings is 2. The number of rotatable bonds is 4. The molecule has 0 spiro atoms. The first-order valence-corrected chi connectivity index (χ1v) is 16.1. The van der Waals surface area contributed by atoms with E-state index >= 15 is 0 Å². The molecule has 0 unspecified atom stereocenters. The number of hydrogen-bond donors (Lipinski definition) is 1. The Labute approximate surface area is 308 Å². The molecule has 4 heterocycles. The van der Waals surface area contributed by atoms with Crippen LogP contribution in [0.5, 0.6) is 0 Å². The molecule has 6 rings (SSSR count). The summed E-state index contributed by atoms with van der Waals surface area (Å²) in [4.78, 5) is 57.1. The van der Waals surface area contributed by atoms with E-state index in [0.717, 1.165) is 37.3 Å². The minimum atomic E-state index is -0.631. The normalized spacial score (nSPS) is 13.1. The van der Waals surface area contributed by atoms with Crippen molar-refractivity contribution in [1.29, 1.82) is 0 Å². The van der Waals surface area contributed by atoms with Gasteiger partial charge in [0.1, 0.15) is 0 Å². The number of nitrogens with zero attached hydrogens (tertiary/aromatic N) is 7. The van der Waals surface area contributed by atoms with E-state index in [1.165, 1.54) is 18.3 Å². The summed E-state index contributed by atoms with van der Waals surface area (Å²) in [5.41, 5.74) is 1.64. The number of anilines is 2. The number of pyridine rings is 2. The molecule has 2 aromatic carbocycles. The van der Waals surface area contributed by atoms with Crippen LogP contribution in [0.2, 0.25) is 0 Å². The van der Waals surface area contributed by atoms with Gasteiger partial charge in [0, 0.05) is 95.4 Å². The molecule has 2 aliphatic heterocycles. The number of hydrogen-bond acceptors (Lipinski definition) is 11. The fraction of sp³-hybridized carbons (Fsp3) is 0.243. The highest BCUT2D eigenvalue weighted by molar-refractivity contribution is 6.68. The third kappa shape index (κ3) is 12.5. The summed E-state index contributed by atoms with van der Waals surface area (Å²) in [7, 11) is 0. The highest BCUT2D eigenvalue weighted by Gasteiger charge is 2.26. The average Bonchev–Trinajstić information content (AvgIpc) is 3.18. The molecule has 2 aromatic heterocycles. The van der Waals surface area contributed by atoms with E-state index < -0.39 is 10.2 Å². The van der Waals surface area contributed by atoms with Crippen LogP contribution in [0.1, 0.15) is 20.0 Å². The first-order chi connectivity index (χ1) is 24.7. The van der Waals surface area contributed by atoms with Gasteiger partial charge in [-0.1, -0.05) is 55.7 Å². The van der Waals surface area contributed by atoms with Gasteiger partial charge in [-0.2, -0.15) is 0 Å². The van der Waals surface area contributed by atoms with E-state index in [4.69, 9.17) is 11.6 Å². The zero-order valence-corrected chi connectivity index (χ0v) is 28.1. The summed E-state index contributed by atoms with van der Waals surface area (Å²) in [6, 6.07) is 24.6. The minimum Gasteiger partial charge on any atom is -0.348 e. The first kappa shape index (κ1) is 40.1. The van der Waals surface area contributed by atoms with Crippen molar-refractivity contribution >= 4 is 45.8 Å². The van der Waals surface area contributed by atoms with Gasteiger partial charge in [-0.3, -0.25) is 29.8 Å². The number of carbonyl (C=O) groups is 2. The molecule has 270 valence electrons. The van der Waals surface area contributed by atoms with Gasteiger partial charge in [-0.05, 0) is 53.9 Å². The fourth-order valence-corrected chi connectivity index (χ4v) is 4.96. The molecule has 2 saturated heterocycles. The third-order valence-electron chi connectivity index (χ3n) is 7.37. The van der Waals surface area contributed by atoms with Gasteiger partial charge in [0.15, 0.2) is 0 Å². The summed E-state index contributed by atoms with van der Waals surface area (Å²) in [5.74, 6) is 10.9. The Morgan fingerprint density at radius 1 is 0.673 bits per heavy atom. The Morgan fingerprint density at radius 3 is 1.56 bits per heavy atom. The number of nitro groups is 2. The molecule has 1 amide bonds. The zero-order valence-electron chi connectivity index (χ0n) is 27.4. The molecule has 52 heavy (non-hydrogen) atoms. The van der Waals surface area contributed by atoms with E-state index in [-0.39, 0.29) is 31.1 Å². The van der Waals surface area contributed by atoms with Gasteiger partial charge >= 0.3 is 11.4 Å². The SMILES string of the molecule is C.O=C(C#Cc1ccccc1)N1CCN(c2ncccc2[N+](=O)[O-])CC1.O=C(Cl)C#Cc1ccccc1.O=[N+]([O-])c1cccnc1N1CCNCC1.[HH]. The third-order valence-corrected chi connectivity index (χ3v) is 7.47. The summed E-state index contributed by atoms with van der Waals surface area (Å²) in [5, 5.41) is 24.5. The topological polar surface area (TPSA) is 168 Å². The van der Waals surface area contributed by atoms with Crippen molar-refractivity contribution in [2.45, 2.75) is 7.43 Å². The van der Waals surface area contributed by atoms with Crippen molar-refractivity contribution < 1.29 is 20.9 Å². The molecule has 0 saturated carbocycles. The number of benzene rings is 2. The van der Waals surface area contributed by atoms with Gasteiger partial charge in [0.25, 0.3) is 11.1 Å². The number of carbonyl (C=O) groups excluding carboxylic acids is 2. The van der Waals surface area contributed by atoms with Crippen molar-refractivity contribution in [3.8, 4) is 23.7 Å². The van der Waals surface area contributed by atoms with Crippen molar-refractivity contribution in [3.05, 3.63) is 129 Å². The number of amides is 1. The highest BCUT2D eigenvalue weighted by atomic mass is 35.5. The Bertz CT molecular complexity index is 1940. The lowest BCUT2D eigenvalue weighted by molar-refractivity contribution is -0.384. The molecule has 2 fully saturated rings. The summed E-state index contributed by atoms with van der Waals surface area (Å²) in [6.45, 7) is 5.08. The van der Waals surface area contributed by atoms with Crippen LogP contribution in [-0.4, -0.2) is 88.2 Å². The predicted octanol–water partition coefficient (Wildman–Crippen LogP) is 4.78. The molecule has 4 aromatic rings. The maximum atomic E-state index is 12.2. The van der Waals surface area contributed by atoms with Gasteiger partial charge in [0.2, 0.25) is 11.6 Å². The second-order valence-corrected chi connectivity index (χ2v) is 11.1. The summed E-state index contributed by atoms with van der Waals surface area (Å²) < 4.78 is 0. The van der Waals surface area contributed by atoms with E-state index in [0.29, 0.717) is 37.8 Å². The monoisotopic (exact) mass is 726 g/mol. The van der Waals surface area contributed by atoms with Crippen LogP contribution in [0.3, 0.4) is 0 Å². The van der Waals surface area contributed by atoms with Crippen LogP contribution >= 0.6 is 11.6 Å². The van der Waals surface area contributed by atoms with Crippen molar-refractivity contribution in [1.82, 2.24) is 20.2 Å². The molecule has 14 nitrogen and oxygen atoms in total. The predicted molar refractivity (Wildman–Crippen MR) is 202 cm³/mol. The molecule has 15 heteroatoms. The van der Waals surface area contributed by atoms with Crippen LogP contribution in [0.15, 0.2) is 97.3 Å². The fourth-order valence-electron chi connectivity index (χ4n) is 4.92. The average molecular weight is 727 g/mol. The van der Waals surface area contributed by atoms with Gasteiger partial charge < -0.3 is 20.0 Å². The highest BCUT2D eigenvalue weighted by Crippen LogP contribution is 2.26. The standard InChI is InChI=1S/C18H16N4O3.C9H5ClO.C9H12N4O2.CH4.H2/c23-17(9-8-15-5-2-1-3-6-15)20-11-13-21(14-12-20)18-16(22(24)25)7-4-10-19-18;10-9(11)7-6-8-4-2-1-3-5-8;14-13(15)8-2-1-3-11-9(8)12-6-4-10-5-7-12;;/h1-7,10H,11-14H2;1-5H;1-3,10H,4-7H2;1H4;1H. The summed E-state index contributed by atoms with van der Waals surface area (Å²) >= 11 is 5.02. The van der Waals surface area contributed by atoms with Crippen molar-refractivity contribution in [2.75, 3.05) is 62.2 Å². The quantitative estimate of drug-likeness (QED) is 0.133. The smallest absolute Gasteiger partial charge is 0.311 e. The minimum absolute atomic E-state index is 0. The zero-order chi connectivity index (χ0) is 36.4. The van der Waals surface area contributed by atoms with Crippen LogP contribution < -0.4 is 15.1 Å². The van der Waals surface area contributed by atoms with E-state index in [1.807, 2.05) is 70.5 Å². The largest absolute Gasteiger partial charge is 0.348 e. The Hall–Kier alpha value is -6.35. The van der Waals surface area contributed by atoms with Gasteiger partial charge in [-0.15, -0.1) is 0 Å². The van der Waals surface area contributed by atoms with Crippen molar-refractivity contribution in [3.63, 3.8) is 0 Å². The molecule has 1 N–H and O–H groups in total. The first-order valence-electron chi connectivity index (χ1n) is 15.7. The van der Waals surface area contributed by atoms with Crippen LogP contribution in [-0.2, 0) is 9.59 Å². The lowest BCUT2D eigenvalue weighted by Crippen LogP contribution is -2.48. The maximum Gasteiger partial charge on any atom is 0.311 e. The molecule has 0 radical (unpaired) electrons. The molecular weight excluding hydrogens is 688 g/mol. The summed E-state index contributed by atoms with van der Waals surface area (Å²) in [6.07, 6.45) is 3.12. The lowest BCUT2D eigenvalue weighted by atomic mass is 10.2. The number of halogens is 1. The lowest BCUT2D eigenvalue weighted by Gasteiger charge is -2.34. The molecule has 0 bridgehead atoms. The van der Waals surface area contributed by atoms with E-state index in [9.17, 15) is 29.8 Å². The second-order valence-electron chi connectivity index (χ2n) is 10.7. The molecule has 0 atom stereocenters. The number of nitrogens with one attached hydrogen (secondary N) is 1. The molecular formula is C37H39ClN8O6. The second kappa shape index (κ2) is 21.0. The maximum absolute atomic E-state index is 12.2. The van der Waals surface area contributed by atoms with E-state index in [2.05, 4.69) is 39.0 Å². The van der Waals surface area contributed by atoms with Crippen LogP contribution in [0.4, 0.5) is 23.0 Å². The van der Waals surface area contributed by atoms with Crippen LogP contribution in [0.25, 0.3) is 0 Å². The Morgan fingerprint density at radius 2 is 1.12 bits per heavy atom. The van der Waals surface area contributed by atoms with E-state index in [1.54, 1.807) is 23.2 Å².